The summed E-state index contributed by atoms with van der Waals surface area (Å²) in [6.45, 7) is 15.8. The van der Waals surface area contributed by atoms with Crippen molar-refractivity contribution in [3.63, 3.8) is 0 Å². The maximum Gasteiger partial charge on any atom is 0.297 e. The molecule has 0 saturated heterocycles. The van der Waals surface area contributed by atoms with Crippen molar-refractivity contribution in [2.45, 2.75) is 59.3 Å². The highest BCUT2D eigenvalue weighted by Crippen LogP contribution is 2.69. The highest BCUT2D eigenvalue weighted by Gasteiger charge is 2.60. The first-order chi connectivity index (χ1) is 46.0. The molecule has 9 aliphatic heterocycles. The number of nitrogens with zero attached hydrogens (tertiary/aromatic N) is 9. The van der Waals surface area contributed by atoms with Crippen LogP contribution in [0.25, 0.3) is 22.3 Å². The molecule has 0 radical (unpaired) electrons. The molecule has 0 atom stereocenters. The zero-order valence-corrected chi connectivity index (χ0v) is 55.2. The lowest BCUT2D eigenvalue weighted by Crippen LogP contribution is -2.62. The van der Waals surface area contributed by atoms with E-state index in [-0.39, 0.29) is 24.3 Å². The van der Waals surface area contributed by atoms with Gasteiger partial charge in [0.1, 0.15) is 11.4 Å². The van der Waals surface area contributed by atoms with Crippen molar-refractivity contribution in [3.05, 3.63) is 223 Å². The van der Waals surface area contributed by atoms with E-state index in [2.05, 4.69) is 327 Å². The van der Waals surface area contributed by atoms with Crippen LogP contribution in [0.5, 0.6) is 0 Å². The van der Waals surface area contributed by atoms with E-state index in [0.717, 1.165) is 62.5 Å². The van der Waals surface area contributed by atoms with Crippen LogP contribution in [-0.2, 0) is 10.8 Å². The van der Waals surface area contributed by atoms with Crippen LogP contribution >= 0.6 is 0 Å². The molecule has 0 amide bonds. The standard InChI is InChI=1S/C83H67B2N9O/c1-46-38-59-67-76-69(46)87(9)63-42-50(82(2,3)4)41-62-73(63)93(76)71-56(39-49(40-61(71)86(62)8)47-26-16-12-17-27-47)85(67)81-79-78-80(95-81)84-55-37-36-54(48-28-18-13-19-29-48)70-72(55)94-74-64(88(70)10)43-51(83(5,6)7)44-65(74)89(11)75-66(90(52-30-20-14-21-31-52)53-32-22-15-23-33-53)45-60(68(84)77(75)94)92(78)58-35-25-24-34-57(58)91(59)79/h12-45H,1-11H3. The monoisotopic (exact) mass is 1230 g/mol. The van der Waals surface area contributed by atoms with Gasteiger partial charge in [-0.1, -0.05) is 169 Å². The Balaban J connectivity index is 0.919. The van der Waals surface area contributed by atoms with Crippen LogP contribution in [0.1, 0.15) is 58.2 Å². The molecule has 11 aromatic carbocycles. The summed E-state index contributed by atoms with van der Waals surface area (Å²) in [7, 11) is 9.22. The molecule has 0 spiro atoms. The van der Waals surface area contributed by atoms with Gasteiger partial charge in [-0.25, -0.2) is 0 Å². The summed E-state index contributed by atoms with van der Waals surface area (Å²) in [5, 5.41) is 0. The fourth-order valence-electron chi connectivity index (χ4n) is 18.2. The predicted molar refractivity (Wildman–Crippen MR) is 400 cm³/mol. The number of hydrogen-bond acceptors (Lipinski definition) is 10. The minimum absolute atomic E-state index is 0.0913. The van der Waals surface area contributed by atoms with Crippen LogP contribution in [0.15, 0.2) is 211 Å². The number of anilines is 23. The van der Waals surface area contributed by atoms with Gasteiger partial charge in [0.2, 0.25) is 0 Å². The summed E-state index contributed by atoms with van der Waals surface area (Å²) in [6.07, 6.45) is 0. The lowest BCUT2D eigenvalue weighted by atomic mass is 9.34. The molecule has 10 heterocycles. The van der Waals surface area contributed by atoms with E-state index in [1.165, 1.54) is 140 Å². The highest BCUT2D eigenvalue weighted by molar-refractivity contribution is 7.03. The second-order valence-corrected chi connectivity index (χ2v) is 29.6. The first-order valence-corrected chi connectivity index (χ1v) is 33.6. The molecule has 95 heavy (non-hydrogen) atoms. The maximum atomic E-state index is 8.49. The molecule has 0 saturated carbocycles. The fraction of sp³-hybridized carbons (Fsp3) is 0.157. The predicted octanol–water partition coefficient (Wildman–Crippen LogP) is 17.8. The quantitative estimate of drug-likeness (QED) is 0.156. The Labute approximate surface area is 555 Å². The van der Waals surface area contributed by atoms with Gasteiger partial charge in [0, 0.05) is 56.5 Å². The van der Waals surface area contributed by atoms with Crippen LogP contribution in [0.3, 0.4) is 0 Å². The van der Waals surface area contributed by atoms with Gasteiger partial charge in [-0.3, -0.25) is 0 Å². The second kappa shape index (κ2) is 17.8. The van der Waals surface area contributed by atoms with Crippen LogP contribution in [0.2, 0.25) is 0 Å². The van der Waals surface area contributed by atoms with E-state index in [9.17, 15) is 0 Å². The summed E-state index contributed by atoms with van der Waals surface area (Å²) >= 11 is 0. The summed E-state index contributed by atoms with van der Waals surface area (Å²) in [6, 6.07) is 78.1. The molecule has 0 fully saturated rings. The SMILES string of the molecule is Cc1cc2c3c4c1N(C)c1cc(C(C)(C)C)cc5c1N4c1c(cc(-c4ccccc4)cc1N5C)B3c1oc3c4c1N2c1ccccc1N4c1cc(N(c2ccccc2)c2ccccc2)c2c4c1B3c1ccc(-c3ccccc3)c3c1N4c1c(cc(C(C)(C)C)cc1N2C)N3C. The van der Waals surface area contributed by atoms with E-state index in [4.69, 9.17) is 4.42 Å². The van der Waals surface area contributed by atoms with Gasteiger partial charge in [0.15, 0.2) is 0 Å². The molecule has 10 nitrogen and oxygen atoms in total. The van der Waals surface area contributed by atoms with E-state index in [1.807, 2.05) is 0 Å². The molecule has 456 valence electrons. The highest BCUT2D eigenvalue weighted by atomic mass is 16.3. The normalized spacial score (nSPS) is 15.1. The van der Waals surface area contributed by atoms with Gasteiger partial charge >= 0.3 is 0 Å². The Morgan fingerprint density at radius 2 is 0.779 bits per heavy atom. The average Bonchev–Trinajstić information content (AvgIpc) is 1.65. The van der Waals surface area contributed by atoms with Crippen LogP contribution in [0, 0.1) is 6.92 Å². The van der Waals surface area contributed by atoms with Gasteiger partial charge in [-0.15, -0.1) is 0 Å². The lowest BCUT2D eigenvalue weighted by Gasteiger charge is -2.54. The van der Waals surface area contributed by atoms with Crippen molar-refractivity contribution in [2.24, 2.45) is 0 Å². The largest absolute Gasteiger partial charge is 0.480 e. The Kier molecular flexibility index (Phi) is 10.0. The Morgan fingerprint density at radius 3 is 1.34 bits per heavy atom. The molecule has 12 heteroatoms. The Bertz CT molecular complexity index is 5440. The summed E-state index contributed by atoms with van der Waals surface area (Å²) < 4.78 is 8.49. The summed E-state index contributed by atoms with van der Waals surface area (Å²) in [5.74, 6) is 0. The maximum absolute atomic E-state index is 8.49. The fourth-order valence-corrected chi connectivity index (χ4v) is 18.2. The van der Waals surface area contributed by atoms with Crippen molar-refractivity contribution in [1.29, 1.82) is 0 Å². The van der Waals surface area contributed by atoms with Crippen molar-refractivity contribution in [1.82, 2.24) is 0 Å². The number of fused-ring (bicyclic) bond motifs is 9. The number of furan rings is 1. The topological polar surface area (TPSA) is 42.3 Å². The third kappa shape index (κ3) is 6.53. The van der Waals surface area contributed by atoms with Gasteiger partial charge in [0.05, 0.1) is 108 Å². The number of hydrogen-bond donors (Lipinski definition) is 0. The minimum Gasteiger partial charge on any atom is -0.480 e. The number of aryl methyl sites for hydroxylation is 1. The summed E-state index contributed by atoms with van der Waals surface area (Å²) in [4.78, 5) is 23.2. The van der Waals surface area contributed by atoms with Gasteiger partial charge < -0.3 is 48.5 Å². The molecule has 1 aromatic heterocycles. The average molecular weight is 1230 g/mol. The van der Waals surface area contributed by atoms with Crippen molar-refractivity contribution >= 4 is 177 Å². The van der Waals surface area contributed by atoms with E-state index in [0.29, 0.717) is 0 Å². The van der Waals surface area contributed by atoms with E-state index in [1.54, 1.807) is 0 Å². The minimum atomic E-state index is -0.334. The lowest BCUT2D eigenvalue weighted by molar-refractivity contribution is 0.590. The second-order valence-electron chi connectivity index (χ2n) is 29.6. The third-order valence-electron chi connectivity index (χ3n) is 22.5. The van der Waals surface area contributed by atoms with Crippen LogP contribution < -0.4 is 77.3 Å². The van der Waals surface area contributed by atoms with Crippen molar-refractivity contribution < 1.29 is 4.42 Å². The third-order valence-corrected chi connectivity index (χ3v) is 22.5. The molecule has 9 aliphatic rings. The Morgan fingerprint density at radius 1 is 0.326 bits per heavy atom. The van der Waals surface area contributed by atoms with Gasteiger partial charge in [0.25, 0.3) is 13.4 Å². The Hall–Kier alpha value is -11.0. The van der Waals surface area contributed by atoms with Crippen molar-refractivity contribution in [2.75, 3.05) is 72.3 Å². The molecular weight excluding hydrogens is 1160 g/mol. The number of rotatable bonds is 5. The molecule has 0 aliphatic carbocycles. The molecule has 0 bridgehead atoms. The van der Waals surface area contributed by atoms with Crippen LogP contribution in [-0.4, -0.2) is 41.6 Å². The number of benzene rings is 11. The smallest absolute Gasteiger partial charge is 0.297 e. The van der Waals surface area contributed by atoms with Gasteiger partial charge in [-0.05, 0) is 152 Å². The molecule has 0 N–H and O–H groups in total. The van der Waals surface area contributed by atoms with Crippen LogP contribution in [0.4, 0.5) is 131 Å². The number of para-hydroxylation sites is 4. The first-order valence-electron chi connectivity index (χ1n) is 33.6. The molecular formula is C83H67B2N9O. The zero-order chi connectivity index (χ0) is 63.9. The van der Waals surface area contributed by atoms with Crippen molar-refractivity contribution in [3.8, 4) is 22.3 Å². The molecule has 21 rings (SSSR count). The first kappa shape index (κ1) is 53.5. The molecule has 0 unspecified atom stereocenters. The van der Waals surface area contributed by atoms with E-state index >= 15 is 0 Å². The molecule has 12 aromatic rings. The van der Waals surface area contributed by atoms with E-state index < -0.39 is 0 Å². The zero-order valence-electron chi connectivity index (χ0n) is 55.2. The summed E-state index contributed by atoms with van der Waals surface area (Å²) in [5.41, 5.74) is 41.9. The van der Waals surface area contributed by atoms with Gasteiger partial charge in [-0.2, -0.15) is 0 Å².